The second-order valence-corrected chi connectivity index (χ2v) is 6.99. The third kappa shape index (κ3) is 3.36. The second kappa shape index (κ2) is 6.93. The maximum atomic E-state index is 11.3. The summed E-state index contributed by atoms with van der Waals surface area (Å²) < 4.78 is 0. The van der Waals surface area contributed by atoms with Gasteiger partial charge in [-0.05, 0) is 23.3 Å². The molecule has 8 heteroatoms. The molecule has 0 spiro atoms. The molecule has 1 aromatic heterocycles. The first kappa shape index (κ1) is 16.8. The Morgan fingerprint density at radius 2 is 1.96 bits per heavy atom. The highest BCUT2D eigenvalue weighted by molar-refractivity contribution is 6.30. The number of nitrogens with one attached hydrogen (secondary N) is 1. The summed E-state index contributed by atoms with van der Waals surface area (Å²) in [5.74, 6) is 0.445. The van der Waals surface area contributed by atoms with Crippen molar-refractivity contribution in [3.63, 3.8) is 0 Å². The van der Waals surface area contributed by atoms with E-state index in [1.165, 1.54) is 23.5 Å². The number of halogens is 1. The third-order valence-corrected chi connectivity index (χ3v) is 4.98. The lowest BCUT2D eigenvalue weighted by Gasteiger charge is -2.21. The summed E-state index contributed by atoms with van der Waals surface area (Å²) in [4.78, 5) is 24.3. The van der Waals surface area contributed by atoms with E-state index in [0.29, 0.717) is 11.9 Å². The molecule has 0 aliphatic carbocycles. The Bertz CT molecular complexity index is 838. The van der Waals surface area contributed by atoms with Gasteiger partial charge in [-0.25, -0.2) is 15.4 Å². The largest absolute Gasteiger partial charge is 0.372 e. The first-order chi connectivity index (χ1) is 12.6. The van der Waals surface area contributed by atoms with E-state index in [0.717, 1.165) is 31.2 Å². The zero-order valence-corrected chi connectivity index (χ0v) is 14.7. The number of nitrogens with zero attached hydrogens (tertiary/aromatic N) is 4. The summed E-state index contributed by atoms with van der Waals surface area (Å²) in [7, 11) is 0. The van der Waals surface area contributed by atoms with Crippen LogP contribution in [0.4, 0.5) is 5.95 Å². The zero-order valence-electron chi connectivity index (χ0n) is 14.0. The molecule has 1 fully saturated rings. The van der Waals surface area contributed by atoms with Gasteiger partial charge in [0.2, 0.25) is 5.95 Å². The van der Waals surface area contributed by atoms with E-state index >= 15 is 0 Å². The molecule has 7 nitrogen and oxygen atoms in total. The molecule has 2 aliphatic heterocycles. The molecule has 2 aliphatic rings. The van der Waals surface area contributed by atoms with Crippen molar-refractivity contribution < 1.29 is 10.0 Å². The average molecular weight is 372 g/mol. The van der Waals surface area contributed by atoms with Crippen LogP contribution >= 0.6 is 11.6 Å². The van der Waals surface area contributed by atoms with Crippen LogP contribution in [-0.4, -0.2) is 45.6 Å². The van der Waals surface area contributed by atoms with Gasteiger partial charge in [0.1, 0.15) is 0 Å². The number of carbonyl (C=O) groups excluding carboxylic acids is 1. The standard InChI is InChI=1S/C18H18ClN5O2/c19-16-3-1-12(2-4-16)7-23-8-14-10-24(11-15(14)9-23)18-20-5-13(6-21-18)17(25)22-26/h1-6,8,15,26H,7,9-11H2,(H,22,25). The SMILES string of the molecule is O=C(NO)c1cnc(N2CC3=CN(Cc4ccc(Cl)cc4)CC3C2)nc1. The maximum absolute atomic E-state index is 11.3. The normalized spacial score (nSPS) is 18.7. The van der Waals surface area contributed by atoms with Crippen molar-refractivity contribution in [2.45, 2.75) is 6.54 Å². The van der Waals surface area contributed by atoms with Crippen molar-refractivity contribution in [1.82, 2.24) is 20.3 Å². The fraction of sp³-hybridized carbons (Fsp3) is 0.278. The Morgan fingerprint density at radius 1 is 1.23 bits per heavy atom. The Kier molecular flexibility index (Phi) is 4.48. The quantitative estimate of drug-likeness (QED) is 0.632. The Hall–Kier alpha value is -2.64. The third-order valence-electron chi connectivity index (χ3n) is 4.73. The van der Waals surface area contributed by atoms with Crippen LogP contribution in [0, 0.1) is 5.92 Å². The van der Waals surface area contributed by atoms with Crippen LogP contribution in [0.15, 0.2) is 48.4 Å². The van der Waals surface area contributed by atoms with Gasteiger partial charge >= 0.3 is 0 Å². The van der Waals surface area contributed by atoms with Crippen LogP contribution in [0.3, 0.4) is 0 Å². The molecule has 2 N–H and O–H groups in total. The maximum Gasteiger partial charge on any atom is 0.277 e. The molecule has 2 aromatic rings. The van der Waals surface area contributed by atoms with E-state index in [2.05, 4.69) is 38.1 Å². The van der Waals surface area contributed by atoms with Crippen LogP contribution in [0.1, 0.15) is 15.9 Å². The smallest absolute Gasteiger partial charge is 0.277 e. The van der Waals surface area contributed by atoms with E-state index in [1.807, 2.05) is 12.1 Å². The highest BCUT2D eigenvalue weighted by Gasteiger charge is 2.34. The first-order valence-electron chi connectivity index (χ1n) is 8.33. The molecule has 1 aromatic carbocycles. The van der Waals surface area contributed by atoms with E-state index in [1.54, 1.807) is 5.48 Å². The summed E-state index contributed by atoms with van der Waals surface area (Å²) in [6.45, 7) is 3.49. The van der Waals surface area contributed by atoms with Gasteiger partial charge in [-0.1, -0.05) is 23.7 Å². The lowest BCUT2D eigenvalue weighted by molar-refractivity contribution is 0.0705. The van der Waals surface area contributed by atoms with Gasteiger partial charge < -0.3 is 9.80 Å². The average Bonchev–Trinajstić information content (AvgIpc) is 3.21. The summed E-state index contributed by atoms with van der Waals surface area (Å²) in [6.07, 6.45) is 5.07. The van der Waals surface area contributed by atoms with Gasteiger partial charge in [0.15, 0.2) is 0 Å². The molecule has 0 radical (unpaired) electrons. The number of carbonyl (C=O) groups is 1. The highest BCUT2D eigenvalue weighted by Crippen LogP contribution is 2.32. The van der Waals surface area contributed by atoms with Crippen molar-refractivity contribution in [2.24, 2.45) is 5.92 Å². The van der Waals surface area contributed by atoms with Crippen LogP contribution in [0.2, 0.25) is 5.02 Å². The Labute approximate surface area is 155 Å². The molecule has 3 heterocycles. The van der Waals surface area contributed by atoms with Gasteiger partial charge in [-0.2, -0.15) is 0 Å². The number of hydrogen-bond acceptors (Lipinski definition) is 6. The predicted octanol–water partition coefficient (Wildman–Crippen LogP) is 2.08. The van der Waals surface area contributed by atoms with Crippen molar-refractivity contribution in [3.05, 3.63) is 64.6 Å². The van der Waals surface area contributed by atoms with E-state index in [4.69, 9.17) is 16.8 Å². The van der Waals surface area contributed by atoms with Crippen molar-refractivity contribution in [2.75, 3.05) is 24.5 Å². The van der Waals surface area contributed by atoms with E-state index in [9.17, 15) is 4.79 Å². The lowest BCUT2D eigenvalue weighted by atomic mass is 10.1. The van der Waals surface area contributed by atoms with Crippen LogP contribution in [0.5, 0.6) is 0 Å². The fourth-order valence-electron chi connectivity index (χ4n) is 3.44. The molecule has 1 unspecified atom stereocenters. The number of hydroxylamine groups is 1. The topological polar surface area (TPSA) is 81.6 Å². The predicted molar refractivity (Wildman–Crippen MR) is 96.9 cm³/mol. The Balaban J connectivity index is 1.40. The highest BCUT2D eigenvalue weighted by atomic mass is 35.5. The number of anilines is 1. The van der Waals surface area contributed by atoms with Crippen molar-refractivity contribution in [3.8, 4) is 0 Å². The first-order valence-corrected chi connectivity index (χ1v) is 8.70. The van der Waals surface area contributed by atoms with Crippen LogP contribution in [-0.2, 0) is 6.54 Å². The molecule has 1 saturated heterocycles. The molecule has 1 atom stereocenters. The van der Waals surface area contributed by atoms with Gasteiger partial charge in [0, 0.05) is 55.7 Å². The molecule has 0 saturated carbocycles. The lowest BCUT2D eigenvalue weighted by Crippen LogP contribution is -2.27. The minimum absolute atomic E-state index is 0.226. The summed E-state index contributed by atoms with van der Waals surface area (Å²) >= 11 is 5.94. The number of fused-ring (bicyclic) bond motifs is 1. The summed E-state index contributed by atoms with van der Waals surface area (Å²) in [5.41, 5.74) is 4.42. The van der Waals surface area contributed by atoms with E-state index < -0.39 is 5.91 Å². The number of rotatable bonds is 4. The minimum Gasteiger partial charge on any atom is -0.372 e. The van der Waals surface area contributed by atoms with Gasteiger partial charge in [0.05, 0.1) is 5.56 Å². The molecule has 1 amide bonds. The number of benzene rings is 1. The number of aromatic nitrogens is 2. The number of amides is 1. The van der Waals surface area contributed by atoms with E-state index in [-0.39, 0.29) is 5.56 Å². The summed E-state index contributed by atoms with van der Waals surface area (Å²) in [5, 5.41) is 9.39. The monoisotopic (exact) mass is 371 g/mol. The zero-order chi connectivity index (χ0) is 18.1. The van der Waals surface area contributed by atoms with Gasteiger partial charge in [0.25, 0.3) is 5.91 Å². The van der Waals surface area contributed by atoms with Crippen molar-refractivity contribution in [1.29, 1.82) is 0 Å². The van der Waals surface area contributed by atoms with Crippen LogP contribution < -0.4 is 10.4 Å². The van der Waals surface area contributed by atoms with Gasteiger partial charge in [-0.3, -0.25) is 10.0 Å². The van der Waals surface area contributed by atoms with Crippen molar-refractivity contribution >= 4 is 23.5 Å². The molecule has 26 heavy (non-hydrogen) atoms. The van der Waals surface area contributed by atoms with Gasteiger partial charge in [-0.15, -0.1) is 0 Å². The molecule has 4 rings (SSSR count). The Morgan fingerprint density at radius 3 is 2.62 bits per heavy atom. The molecule has 0 bridgehead atoms. The minimum atomic E-state index is -0.615. The second-order valence-electron chi connectivity index (χ2n) is 6.55. The van der Waals surface area contributed by atoms with Crippen LogP contribution in [0.25, 0.3) is 0 Å². The molecule has 134 valence electrons. The fourth-order valence-corrected chi connectivity index (χ4v) is 3.57. The molecular weight excluding hydrogens is 354 g/mol. The number of hydrogen-bond donors (Lipinski definition) is 2. The molecular formula is C18H18ClN5O2. The summed E-state index contributed by atoms with van der Waals surface area (Å²) in [6, 6.07) is 7.94.